The molecule has 4 heteroatoms. The molecule has 0 aliphatic rings. The maximum Gasteiger partial charge on any atom is 0.176 e. The normalized spacial score (nSPS) is 9.56. The van der Waals surface area contributed by atoms with Gasteiger partial charge in [0.15, 0.2) is 5.78 Å². The van der Waals surface area contributed by atoms with Crippen LogP contribution in [0.2, 0.25) is 5.02 Å². The molecule has 0 amide bonds. The Balaban J connectivity index is 2.83. The highest BCUT2D eigenvalue weighted by atomic mass is 35.5. The summed E-state index contributed by atoms with van der Waals surface area (Å²) in [5.74, 6) is 0.337. The highest BCUT2D eigenvalue weighted by molar-refractivity contribution is 6.32. The summed E-state index contributed by atoms with van der Waals surface area (Å²) in [5, 5.41) is 8.81. The summed E-state index contributed by atoms with van der Waals surface area (Å²) in [6.07, 6.45) is 0.761. The summed E-state index contributed by atoms with van der Waals surface area (Å²) in [7, 11) is 0. The molecule has 0 radical (unpaired) electrons. The SMILES string of the molecule is CCCOc1ccc(C(=O)CC#N)cc1Cl. The van der Waals surface area contributed by atoms with Gasteiger partial charge in [-0.25, -0.2) is 0 Å². The molecular weight excluding hydrogens is 226 g/mol. The molecule has 0 atom stereocenters. The molecule has 1 aromatic rings. The molecular formula is C12H12ClNO2. The summed E-state index contributed by atoms with van der Waals surface area (Å²) in [5.41, 5.74) is 0.440. The summed E-state index contributed by atoms with van der Waals surface area (Å²) in [6, 6.07) is 6.62. The van der Waals surface area contributed by atoms with Crippen LogP contribution in [-0.4, -0.2) is 12.4 Å². The zero-order valence-corrected chi connectivity index (χ0v) is 9.75. The van der Waals surface area contributed by atoms with Gasteiger partial charge in [-0.1, -0.05) is 18.5 Å². The average molecular weight is 238 g/mol. The minimum Gasteiger partial charge on any atom is -0.492 e. The minimum absolute atomic E-state index is 0.133. The third-order valence-corrected chi connectivity index (χ3v) is 2.25. The van der Waals surface area contributed by atoms with Gasteiger partial charge in [-0.05, 0) is 24.6 Å². The number of carbonyl (C=O) groups is 1. The van der Waals surface area contributed by atoms with E-state index in [1.165, 1.54) is 6.07 Å². The lowest BCUT2D eigenvalue weighted by molar-refractivity contribution is 0.0997. The number of halogens is 1. The highest BCUT2D eigenvalue weighted by Gasteiger charge is 2.08. The van der Waals surface area contributed by atoms with Crippen LogP contribution in [0.3, 0.4) is 0 Å². The number of nitriles is 1. The van der Waals surface area contributed by atoms with E-state index in [4.69, 9.17) is 21.6 Å². The van der Waals surface area contributed by atoms with Crippen molar-refractivity contribution in [2.24, 2.45) is 0 Å². The second-order valence-corrected chi connectivity index (χ2v) is 3.66. The first-order valence-electron chi connectivity index (χ1n) is 5.01. The zero-order chi connectivity index (χ0) is 12.0. The second kappa shape index (κ2) is 6.14. The second-order valence-electron chi connectivity index (χ2n) is 3.25. The Morgan fingerprint density at radius 3 is 2.88 bits per heavy atom. The van der Waals surface area contributed by atoms with Gasteiger partial charge in [-0.2, -0.15) is 5.26 Å². The number of ketones is 1. The Hall–Kier alpha value is -1.53. The number of ether oxygens (including phenoxy) is 1. The fourth-order valence-corrected chi connectivity index (χ4v) is 1.41. The van der Waals surface area contributed by atoms with Gasteiger partial charge in [0.1, 0.15) is 5.75 Å². The van der Waals surface area contributed by atoms with Crippen molar-refractivity contribution in [2.45, 2.75) is 19.8 Å². The summed E-state index contributed by atoms with van der Waals surface area (Å²) < 4.78 is 5.37. The highest BCUT2D eigenvalue weighted by Crippen LogP contribution is 2.26. The Morgan fingerprint density at radius 2 is 2.31 bits per heavy atom. The van der Waals surface area contributed by atoms with Crippen molar-refractivity contribution < 1.29 is 9.53 Å². The first kappa shape index (κ1) is 12.5. The van der Waals surface area contributed by atoms with Crippen molar-refractivity contribution in [3.8, 4) is 11.8 Å². The van der Waals surface area contributed by atoms with Crippen LogP contribution in [0.4, 0.5) is 0 Å². The molecule has 0 spiro atoms. The lowest BCUT2D eigenvalue weighted by Crippen LogP contribution is -1.99. The van der Waals surface area contributed by atoms with Gasteiger partial charge in [0, 0.05) is 5.56 Å². The quantitative estimate of drug-likeness (QED) is 0.739. The number of carbonyl (C=O) groups excluding carboxylic acids is 1. The van der Waals surface area contributed by atoms with Gasteiger partial charge in [-0.3, -0.25) is 4.79 Å². The fourth-order valence-electron chi connectivity index (χ4n) is 1.18. The van der Waals surface area contributed by atoms with E-state index in [-0.39, 0.29) is 12.2 Å². The molecule has 0 saturated heterocycles. The minimum atomic E-state index is -0.230. The molecule has 0 bridgehead atoms. The number of rotatable bonds is 5. The van der Waals surface area contributed by atoms with Gasteiger partial charge >= 0.3 is 0 Å². The van der Waals surface area contributed by atoms with E-state index in [1.54, 1.807) is 12.1 Å². The van der Waals surface area contributed by atoms with Gasteiger partial charge < -0.3 is 4.74 Å². The number of Topliss-reactive ketones (excluding diaryl/α,β-unsaturated/α-hetero) is 1. The molecule has 0 saturated carbocycles. The number of nitrogens with zero attached hydrogens (tertiary/aromatic N) is 1. The molecule has 0 N–H and O–H groups in total. The zero-order valence-electron chi connectivity index (χ0n) is 9.00. The Bertz CT molecular complexity index is 424. The average Bonchev–Trinajstić information content (AvgIpc) is 2.27. The van der Waals surface area contributed by atoms with Crippen LogP contribution in [0.15, 0.2) is 18.2 Å². The van der Waals surface area contributed by atoms with Gasteiger partial charge in [0.25, 0.3) is 0 Å². The summed E-state index contributed by atoms with van der Waals surface area (Å²) >= 11 is 5.95. The van der Waals surface area contributed by atoms with Gasteiger partial charge in [0.2, 0.25) is 0 Å². The van der Waals surface area contributed by atoms with Gasteiger partial charge in [-0.15, -0.1) is 0 Å². The third-order valence-electron chi connectivity index (χ3n) is 1.96. The topological polar surface area (TPSA) is 50.1 Å². The van der Waals surface area contributed by atoms with Crippen molar-refractivity contribution in [3.05, 3.63) is 28.8 Å². The summed E-state index contributed by atoms with van der Waals surface area (Å²) in [4.78, 5) is 11.4. The smallest absolute Gasteiger partial charge is 0.176 e. The van der Waals surface area contributed by atoms with E-state index in [9.17, 15) is 4.79 Å². The molecule has 3 nitrogen and oxygen atoms in total. The van der Waals surface area contributed by atoms with Crippen LogP contribution in [0, 0.1) is 11.3 Å². The first-order valence-corrected chi connectivity index (χ1v) is 5.39. The molecule has 16 heavy (non-hydrogen) atoms. The predicted molar refractivity (Wildman–Crippen MR) is 61.8 cm³/mol. The van der Waals surface area contributed by atoms with Crippen LogP contribution in [0.1, 0.15) is 30.1 Å². The fraction of sp³-hybridized carbons (Fsp3) is 0.333. The lowest BCUT2D eigenvalue weighted by Gasteiger charge is -2.07. The van der Waals surface area contributed by atoms with Crippen LogP contribution < -0.4 is 4.74 Å². The van der Waals surface area contributed by atoms with E-state index in [2.05, 4.69) is 0 Å². The molecule has 0 fully saturated rings. The number of hydrogen-bond donors (Lipinski definition) is 0. The van der Waals surface area contributed by atoms with Crippen LogP contribution in [0.5, 0.6) is 5.75 Å². The van der Waals surface area contributed by atoms with Crippen LogP contribution >= 0.6 is 11.6 Å². The third kappa shape index (κ3) is 3.25. The lowest BCUT2D eigenvalue weighted by atomic mass is 10.1. The molecule has 1 aromatic carbocycles. The van der Waals surface area contributed by atoms with E-state index < -0.39 is 0 Å². The van der Waals surface area contributed by atoms with E-state index in [0.29, 0.717) is 22.9 Å². The maximum absolute atomic E-state index is 11.4. The molecule has 0 heterocycles. The van der Waals surface area contributed by atoms with Crippen molar-refractivity contribution in [1.29, 1.82) is 5.26 Å². The van der Waals surface area contributed by atoms with Crippen LogP contribution in [0.25, 0.3) is 0 Å². The Labute approximate surface area is 99.6 Å². The molecule has 84 valence electrons. The molecule has 0 unspecified atom stereocenters. The van der Waals surface area contributed by atoms with Crippen molar-refractivity contribution in [3.63, 3.8) is 0 Å². The van der Waals surface area contributed by atoms with Crippen molar-refractivity contribution >= 4 is 17.4 Å². The van der Waals surface area contributed by atoms with Crippen LogP contribution in [-0.2, 0) is 0 Å². The number of benzene rings is 1. The Morgan fingerprint density at radius 1 is 1.56 bits per heavy atom. The largest absolute Gasteiger partial charge is 0.492 e. The number of hydrogen-bond acceptors (Lipinski definition) is 3. The van der Waals surface area contributed by atoms with E-state index in [0.717, 1.165) is 6.42 Å². The monoisotopic (exact) mass is 237 g/mol. The summed E-state index contributed by atoms with van der Waals surface area (Å²) in [6.45, 7) is 2.59. The molecule has 1 rings (SSSR count). The standard InChI is InChI=1S/C12H12ClNO2/c1-2-7-16-12-4-3-9(8-10(12)13)11(15)5-6-14/h3-4,8H,2,5,7H2,1H3. The molecule has 0 aliphatic carbocycles. The first-order chi connectivity index (χ1) is 7.69. The van der Waals surface area contributed by atoms with Gasteiger partial charge in [0.05, 0.1) is 24.1 Å². The van der Waals surface area contributed by atoms with E-state index >= 15 is 0 Å². The van der Waals surface area contributed by atoms with E-state index in [1.807, 2.05) is 13.0 Å². The Kier molecular flexibility index (Phi) is 4.81. The maximum atomic E-state index is 11.4. The predicted octanol–water partition coefficient (Wildman–Crippen LogP) is 3.23. The molecule has 0 aliphatic heterocycles. The van der Waals surface area contributed by atoms with Crippen molar-refractivity contribution in [2.75, 3.05) is 6.61 Å². The molecule has 0 aromatic heterocycles. The van der Waals surface area contributed by atoms with Crippen molar-refractivity contribution in [1.82, 2.24) is 0 Å².